The number of hydrogen-bond acceptors (Lipinski definition) is 3. The van der Waals surface area contributed by atoms with E-state index in [-0.39, 0.29) is 19.3 Å². The highest BCUT2D eigenvalue weighted by atomic mass is 19.4. The zero-order valence-corrected chi connectivity index (χ0v) is 13.1. The highest BCUT2D eigenvalue weighted by Gasteiger charge is 2.64. The van der Waals surface area contributed by atoms with Crippen molar-refractivity contribution in [2.24, 2.45) is 11.3 Å². The Morgan fingerprint density at radius 3 is 2.48 bits per heavy atom. The molecule has 1 N–H and O–H groups in total. The minimum Gasteiger partial charge on any atom is -0.481 e. The zero-order valence-electron chi connectivity index (χ0n) is 13.1. The van der Waals surface area contributed by atoms with Crippen LogP contribution in [0, 0.1) is 11.3 Å². The summed E-state index contributed by atoms with van der Waals surface area (Å²) in [6, 6.07) is 0. The number of hydrogen-bond donors (Lipinski definition) is 1. The van der Waals surface area contributed by atoms with Gasteiger partial charge in [-0.05, 0) is 25.2 Å². The third-order valence-corrected chi connectivity index (χ3v) is 5.03. The van der Waals surface area contributed by atoms with Crippen molar-refractivity contribution in [3.05, 3.63) is 0 Å². The summed E-state index contributed by atoms with van der Waals surface area (Å²) in [5.74, 6) is -2.18. The van der Waals surface area contributed by atoms with Crippen molar-refractivity contribution in [3.63, 3.8) is 0 Å². The summed E-state index contributed by atoms with van der Waals surface area (Å²) in [7, 11) is 0. The molecule has 0 spiro atoms. The van der Waals surface area contributed by atoms with Gasteiger partial charge < -0.3 is 14.7 Å². The third kappa shape index (κ3) is 3.62. The van der Waals surface area contributed by atoms with Crippen LogP contribution < -0.4 is 0 Å². The second-order valence-corrected chi connectivity index (χ2v) is 6.56. The number of amides is 1. The molecule has 0 aromatic rings. The van der Waals surface area contributed by atoms with E-state index < -0.39 is 36.4 Å². The van der Waals surface area contributed by atoms with Crippen molar-refractivity contribution in [3.8, 4) is 0 Å². The van der Waals surface area contributed by atoms with E-state index in [0.717, 1.165) is 30.6 Å². The van der Waals surface area contributed by atoms with Crippen LogP contribution in [0.3, 0.4) is 0 Å². The lowest BCUT2D eigenvalue weighted by Gasteiger charge is -2.30. The van der Waals surface area contributed by atoms with E-state index in [1.165, 1.54) is 0 Å². The summed E-state index contributed by atoms with van der Waals surface area (Å²) < 4.78 is 44.8. The average molecular weight is 337 g/mol. The summed E-state index contributed by atoms with van der Waals surface area (Å²) in [6.45, 7) is 0.689. The first kappa shape index (κ1) is 18.0. The van der Waals surface area contributed by atoms with E-state index in [9.17, 15) is 22.8 Å². The average Bonchev–Trinajstić information content (AvgIpc) is 2.92. The summed E-state index contributed by atoms with van der Waals surface area (Å²) in [5.41, 5.74) is -2.86. The predicted molar refractivity (Wildman–Crippen MR) is 74.7 cm³/mol. The smallest absolute Gasteiger partial charge is 0.406 e. The molecule has 1 heterocycles. The van der Waals surface area contributed by atoms with Gasteiger partial charge in [-0.3, -0.25) is 9.59 Å². The monoisotopic (exact) mass is 337 g/mol. The standard InChI is InChI=1S/C15H22F3NO4/c1-10-4-2-3-5-11(10)23-8-12(20)19-7-6-14(9-19,13(21)22)15(16,17)18/h10-11H,2-9H2,1H3,(H,21,22). The molecule has 2 aliphatic rings. The van der Waals surface area contributed by atoms with E-state index in [2.05, 4.69) is 0 Å². The van der Waals surface area contributed by atoms with E-state index in [4.69, 9.17) is 9.84 Å². The Balaban J connectivity index is 1.93. The quantitative estimate of drug-likeness (QED) is 0.856. The maximum atomic E-state index is 13.1. The highest BCUT2D eigenvalue weighted by molar-refractivity contribution is 5.82. The van der Waals surface area contributed by atoms with Gasteiger partial charge in [-0.2, -0.15) is 13.2 Å². The Kier molecular flexibility index (Phi) is 5.23. The SMILES string of the molecule is CC1CCCCC1OCC(=O)N1CCC(C(=O)O)(C(F)(F)F)C1. The van der Waals surface area contributed by atoms with Crippen LogP contribution in [-0.4, -0.2) is 53.9 Å². The number of rotatable bonds is 4. The molecule has 1 aliphatic heterocycles. The summed E-state index contributed by atoms with van der Waals surface area (Å²) in [5, 5.41) is 8.98. The number of halogens is 3. The number of likely N-dealkylation sites (tertiary alicyclic amines) is 1. The lowest BCUT2D eigenvalue weighted by Crippen LogP contribution is -2.48. The Bertz CT molecular complexity index is 468. The lowest BCUT2D eigenvalue weighted by molar-refractivity contribution is -0.227. The maximum absolute atomic E-state index is 13.1. The van der Waals surface area contributed by atoms with Crippen molar-refractivity contribution in [1.82, 2.24) is 4.90 Å². The van der Waals surface area contributed by atoms with Gasteiger partial charge in [-0.15, -0.1) is 0 Å². The molecule has 23 heavy (non-hydrogen) atoms. The second kappa shape index (κ2) is 6.67. The molecule has 0 aromatic carbocycles. The summed E-state index contributed by atoms with van der Waals surface area (Å²) >= 11 is 0. The van der Waals surface area contributed by atoms with Gasteiger partial charge in [-0.1, -0.05) is 19.8 Å². The van der Waals surface area contributed by atoms with Gasteiger partial charge in [0.2, 0.25) is 5.91 Å². The molecule has 1 aliphatic carbocycles. The lowest BCUT2D eigenvalue weighted by atomic mass is 9.86. The van der Waals surface area contributed by atoms with Gasteiger partial charge in [-0.25, -0.2) is 0 Å². The molecule has 132 valence electrons. The van der Waals surface area contributed by atoms with Crippen molar-refractivity contribution in [1.29, 1.82) is 0 Å². The summed E-state index contributed by atoms with van der Waals surface area (Å²) in [6.07, 6.45) is -1.56. The van der Waals surface area contributed by atoms with Crippen LogP contribution in [0.2, 0.25) is 0 Å². The molecule has 0 aromatic heterocycles. The predicted octanol–water partition coefficient (Wildman–Crippen LogP) is 2.45. The minimum atomic E-state index is -4.88. The Morgan fingerprint density at radius 1 is 1.30 bits per heavy atom. The molecule has 1 amide bonds. The first-order valence-corrected chi connectivity index (χ1v) is 7.87. The number of carboxylic acid groups (broad SMARTS) is 1. The Morgan fingerprint density at radius 2 is 1.96 bits per heavy atom. The van der Waals surface area contributed by atoms with Crippen LogP contribution in [0.15, 0.2) is 0 Å². The van der Waals surface area contributed by atoms with E-state index >= 15 is 0 Å². The summed E-state index contributed by atoms with van der Waals surface area (Å²) in [4.78, 5) is 24.1. The fraction of sp³-hybridized carbons (Fsp3) is 0.867. The molecular formula is C15H22F3NO4. The van der Waals surface area contributed by atoms with Crippen molar-refractivity contribution in [2.75, 3.05) is 19.7 Å². The van der Waals surface area contributed by atoms with Gasteiger partial charge in [0, 0.05) is 13.1 Å². The Labute approximate surface area is 132 Å². The molecule has 1 saturated heterocycles. The zero-order chi connectivity index (χ0) is 17.3. The molecule has 2 fully saturated rings. The molecule has 5 nitrogen and oxygen atoms in total. The molecular weight excluding hydrogens is 315 g/mol. The van der Waals surface area contributed by atoms with Gasteiger partial charge in [0.25, 0.3) is 0 Å². The first-order chi connectivity index (χ1) is 10.7. The van der Waals surface area contributed by atoms with E-state index in [0.29, 0.717) is 5.92 Å². The van der Waals surface area contributed by atoms with Gasteiger partial charge in [0.05, 0.1) is 6.10 Å². The van der Waals surface area contributed by atoms with Crippen molar-refractivity contribution >= 4 is 11.9 Å². The molecule has 0 radical (unpaired) electrons. The van der Waals surface area contributed by atoms with Crippen LogP contribution in [0.4, 0.5) is 13.2 Å². The normalized spacial score (nSPS) is 32.1. The molecule has 1 saturated carbocycles. The van der Waals surface area contributed by atoms with E-state index in [1.807, 2.05) is 6.92 Å². The number of carboxylic acids is 1. The highest BCUT2D eigenvalue weighted by Crippen LogP contribution is 2.45. The van der Waals surface area contributed by atoms with Gasteiger partial charge >= 0.3 is 12.1 Å². The molecule has 8 heteroatoms. The van der Waals surface area contributed by atoms with Crippen molar-refractivity contribution < 1.29 is 32.6 Å². The van der Waals surface area contributed by atoms with Crippen LogP contribution in [0.5, 0.6) is 0 Å². The molecule has 3 unspecified atom stereocenters. The third-order valence-electron chi connectivity index (χ3n) is 5.03. The Hall–Kier alpha value is -1.31. The first-order valence-electron chi connectivity index (χ1n) is 7.87. The molecule has 3 atom stereocenters. The van der Waals surface area contributed by atoms with Crippen LogP contribution in [0.1, 0.15) is 39.0 Å². The fourth-order valence-corrected chi connectivity index (χ4v) is 3.35. The number of alkyl halides is 3. The van der Waals surface area contributed by atoms with Crippen molar-refractivity contribution in [2.45, 2.75) is 51.3 Å². The molecule has 2 rings (SSSR count). The fourth-order valence-electron chi connectivity index (χ4n) is 3.35. The topological polar surface area (TPSA) is 66.8 Å². The maximum Gasteiger partial charge on any atom is 0.406 e. The minimum absolute atomic E-state index is 0.0536. The van der Waals surface area contributed by atoms with Gasteiger partial charge in [0.1, 0.15) is 6.61 Å². The number of nitrogens with zero attached hydrogens (tertiary/aromatic N) is 1. The second-order valence-electron chi connectivity index (χ2n) is 6.56. The number of carbonyl (C=O) groups is 2. The molecule has 0 bridgehead atoms. The number of ether oxygens (including phenoxy) is 1. The van der Waals surface area contributed by atoms with E-state index in [1.54, 1.807) is 0 Å². The van der Waals surface area contributed by atoms with Crippen LogP contribution in [0.25, 0.3) is 0 Å². The number of aliphatic carboxylic acids is 1. The van der Waals surface area contributed by atoms with Crippen LogP contribution in [-0.2, 0) is 14.3 Å². The van der Waals surface area contributed by atoms with Crippen LogP contribution >= 0.6 is 0 Å². The van der Waals surface area contributed by atoms with Gasteiger partial charge in [0.15, 0.2) is 5.41 Å². The number of carbonyl (C=O) groups excluding carboxylic acids is 1. The largest absolute Gasteiger partial charge is 0.481 e.